The fourth-order valence-electron chi connectivity index (χ4n) is 4.50. The number of hydrogen-bond donors (Lipinski definition) is 0. The quantitative estimate of drug-likeness (QED) is 0.265. The van der Waals surface area contributed by atoms with E-state index in [1.165, 1.54) is 0 Å². The van der Waals surface area contributed by atoms with Crippen LogP contribution in [-0.2, 0) is 17.9 Å². The van der Waals surface area contributed by atoms with Gasteiger partial charge in [-0.2, -0.15) is 0 Å². The SMILES string of the molecule is C=C/C=C(/c1cc(C)nc2c(OCc3c(Cl)cncc3CN(C)C(=O)C(CC)CC)cccc12)N(C)C. The van der Waals surface area contributed by atoms with Crippen LogP contribution in [0.15, 0.2) is 55.4 Å². The second-order valence-electron chi connectivity index (χ2n) is 9.40. The number of nitrogens with zero attached hydrogens (tertiary/aromatic N) is 4. The molecule has 0 aliphatic carbocycles. The van der Waals surface area contributed by atoms with E-state index in [1.54, 1.807) is 23.4 Å². The molecule has 1 amide bonds. The second kappa shape index (κ2) is 12.7. The fourth-order valence-corrected chi connectivity index (χ4v) is 4.74. The molecule has 0 saturated heterocycles. The standard InChI is InChI=1S/C30H37ClN4O2/c1-8-12-27(34(5)6)24-15-20(4)33-29-23(24)13-11-14-28(29)37-19-25-22(16-32-17-26(25)31)18-35(7)30(36)21(9-2)10-3/h8,11-17,21H,1,9-10,18-19H2,2-7H3/b27-12-. The lowest BCUT2D eigenvalue weighted by molar-refractivity contribution is -0.135. The van der Waals surface area contributed by atoms with Gasteiger partial charge in [0.1, 0.15) is 17.9 Å². The molecule has 3 rings (SSSR count). The number of ether oxygens (including phenoxy) is 1. The van der Waals surface area contributed by atoms with E-state index >= 15 is 0 Å². The average Bonchev–Trinajstić information content (AvgIpc) is 2.87. The van der Waals surface area contributed by atoms with E-state index in [1.807, 2.05) is 66.2 Å². The third-order valence-corrected chi connectivity index (χ3v) is 6.87. The summed E-state index contributed by atoms with van der Waals surface area (Å²) in [5, 5.41) is 1.50. The number of benzene rings is 1. The Morgan fingerprint density at radius 2 is 1.92 bits per heavy atom. The van der Waals surface area contributed by atoms with Gasteiger partial charge in [0.05, 0.1) is 5.02 Å². The van der Waals surface area contributed by atoms with Gasteiger partial charge in [-0.3, -0.25) is 9.78 Å². The predicted octanol–water partition coefficient (Wildman–Crippen LogP) is 6.65. The van der Waals surface area contributed by atoms with E-state index in [-0.39, 0.29) is 18.4 Å². The van der Waals surface area contributed by atoms with Crippen molar-refractivity contribution in [2.24, 2.45) is 5.92 Å². The Bertz CT molecular complexity index is 1300. The number of amides is 1. The van der Waals surface area contributed by atoms with Gasteiger partial charge in [-0.15, -0.1) is 0 Å². The maximum Gasteiger partial charge on any atom is 0.225 e. The van der Waals surface area contributed by atoms with Crippen LogP contribution in [-0.4, -0.2) is 46.8 Å². The minimum atomic E-state index is 0.0123. The lowest BCUT2D eigenvalue weighted by atomic mass is 10.0. The van der Waals surface area contributed by atoms with Crippen LogP contribution in [0.3, 0.4) is 0 Å². The highest BCUT2D eigenvalue weighted by molar-refractivity contribution is 6.31. The number of fused-ring (bicyclic) bond motifs is 1. The monoisotopic (exact) mass is 520 g/mol. The number of halogens is 1. The Labute approximate surface area is 225 Å². The number of allylic oxidation sites excluding steroid dienone is 2. The van der Waals surface area contributed by atoms with Crippen molar-refractivity contribution < 1.29 is 9.53 Å². The lowest BCUT2D eigenvalue weighted by Crippen LogP contribution is -2.32. The summed E-state index contributed by atoms with van der Waals surface area (Å²) in [5.41, 5.74) is 5.44. The van der Waals surface area contributed by atoms with Crippen molar-refractivity contribution >= 4 is 34.1 Å². The van der Waals surface area contributed by atoms with E-state index in [4.69, 9.17) is 21.3 Å². The predicted molar refractivity (Wildman–Crippen MR) is 152 cm³/mol. The van der Waals surface area contributed by atoms with Crippen molar-refractivity contribution in [3.05, 3.63) is 82.8 Å². The number of hydrogen-bond acceptors (Lipinski definition) is 5. The summed E-state index contributed by atoms with van der Waals surface area (Å²) in [6.45, 7) is 10.6. The highest BCUT2D eigenvalue weighted by Crippen LogP contribution is 2.33. The average molecular weight is 521 g/mol. The van der Waals surface area contributed by atoms with E-state index in [9.17, 15) is 4.79 Å². The summed E-state index contributed by atoms with van der Waals surface area (Å²) in [6.07, 6.45) is 8.78. The smallest absolute Gasteiger partial charge is 0.225 e. The molecule has 6 nitrogen and oxygen atoms in total. The van der Waals surface area contributed by atoms with Crippen LogP contribution in [0.2, 0.25) is 5.02 Å². The van der Waals surface area contributed by atoms with Crippen LogP contribution in [0.25, 0.3) is 16.6 Å². The van der Waals surface area contributed by atoms with Crippen molar-refractivity contribution in [3.63, 3.8) is 0 Å². The summed E-state index contributed by atoms with van der Waals surface area (Å²) >= 11 is 6.57. The van der Waals surface area contributed by atoms with Gasteiger partial charge < -0.3 is 14.5 Å². The van der Waals surface area contributed by atoms with Gasteiger partial charge in [-0.05, 0) is 43.5 Å². The van der Waals surface area contributed by atoms with E-state index in [2.05, 4.69) is 22.5 Å². The van der Waals surface area contributed by atoms with Gasteiger partial charge in [-0.25, -0.2) is 4.98 Å². The van der Waals surface area contributed by atoms with Crippen molar-refractivity contribution in [1.82, 2.24) is 19.8 Å². The van der Waals surface area contributed by atoms with Crippen LogP contribution in [0.1, 0.15) is 49.1 Å². The van der Waals surface area contributed by atoms with Gasteiger partial charge in [0.25, 0.3) is 0 Å². The molecule has 0 bridgehead atoms. The van der Waals surface area contributed by atoms with Gasteiger partial charge in [0, 0.05) is 73.9 Å². The Hall–Kier alpha value is -3.38. The molecule has 196 valence electrons. The molecule has 0 atom stereocenters. The number of aryl methyl sites for hydroxylation is 1. The molecule has 0 aliphatic rings. The molecular weight excluding hydrogens is 484 g/mol. The molecule has 0 unspecified atom stereocenters. The molecule has 1 aromatic carbocycles. The Morgan fingerprint density at radius 1 is 1.19 bits per heavy atom. The van der Waals surface area contributed by atoms with Crippen LogP contribution >= 0.6 is 11.6 Å². The number of aromatic nitrogens is 2. The van der Waals surface area contributed by atoms with Gasteiger partial charge in [0.2, 0.25) is 5.91 Å². The van der Waals surface area contributed by atoms with Gasteiger partial charge >= 0.3 is 0 Å². The highest BCUT2D eigenvalue weighted by Gasteiger charge is 2.21. The molecular formula is C30H37ClN4O2. The molecule has 0 aliphatic heterocycles. The topological polar surface area (TPSA) is 58.6 Å². The van der Waals surface area contributed by atoms with Gasteiger partial charge in [-0.1, -0.05) is 50.2 Å². The maximum absolute atomic E-state index is 12.9. The summed E-state index contributed by atoms with van der Waals surface area (Å²) in [7, 11) is 5.84. The van der Waals surface area contributed by atoms with Crippen LogP contribution in [0.4, 0.5) is 0 Å². The van der Waals surface area contributed by atoms with Crippen LogP contribution in [0, 0.1) is 12.8 Å². The largest absolute Gasteiger partial charge is 0.487 e. The van der Waals surface area contributed by atoms with Crippen molar-refractivity contribution in [1.29, 1.82) is 0 Å². The number of carbonyl (C=O) groups is 1. The molecule has 2 heterocycles. The van der Waals surface area contributed by atoms with Crippen LogP contribution in [0.5, 0.6) is 5.75 Å². The Balaban J connectivity index is 1.95. The lowest BCUT2D eigenvalue weighted by Gasteiger charge is -2.24. The van der Waals surface area contributed by atoms with Crippen molar-refractivity contribution in [3.8, 4) is 5.75 Å². The maximum atomic E-state index is 12.9. The molecule has 0 saturated carbocycles. The molecule has 2 aromatic heterocycles. The first-order valence-electron chi connectivity index (χ1n) is 12.6. The second-order valence-corrected chi connectivity index (χ2v) is 9.81. The zero-order chi connectivity index (χ0) is 27.1. The zero-order valence-corrected chi connectivity index (χ0v) is 23.5. The van der Waals surface area contributed by atoms with Crippen molar-refractivity contribution in [2.45, 2.75) is 46.8 Å². The number of carbonyl (C=O) groups excluding carboxylic acids is 1. The normalized spacial score (nSPS) is 11.6. The molecule has 37 heavy (non-hydrogen) atoms. The highest BCUT2D eigenvalue weighted by atomic mass is 35.5. The first kappa shape index (κ1) is 28.2. The Morgan fingerprint density at radius 3 is 2.57 bits per heavy atom. The summed E-state index contributed by atoms with van der Waals surface area (Å²) in [5.74, 6) is 0.806. The summed E-state index contributed by atoms with van der Waals surface area (Å²) in [4.78, 5) is 25.8. The molecule has 0 radical (unpaired) electrons. The first-order chi connectivity index (χ1) is 17.7. The molecule has 0 N–H and O–H groups in total. The minimum Gasteiger partial charge on any atom is -0.487 e. The Kier molecular flexibility index (Phi) is 9.70. The fraction of sp³-hybridized carbons (Fsp3) is 0.367. The van der Waals surface area contributed by atoms with E-state index in [0.717, 1.165) is 51.8 Å². The number of rotatable bonds is 11. The third-order valence-electron chi connectivity index (χ3n) is 6.55. The zero-order valence-electron chi connectivity index (χ0n) is 22.7. The number of pyridine rings is 2. The van der Waals surface area contributed by atoms with Gasteiger partial charge in [0.15, 0.2) is 0 Å². The van der Waals surface area contributed by atoms with Crippen LogP contribution < -0.4 is 4.74 Å². The third kappa shape index (κ3) is 6.50. The van der Waals surface area contributed by atoms with E-state index in [0.29, 0.717) is 17.3 Å². The molecule has 3 aromatic rings. The van der Waals surface area contributed by atoms with Crippen molar-refractivity contribution in [2.75, 3.05) is 21.1 Å². The van der Waals surface area contributed by atoms with E-state index < -0.39 is 0 Å². The molecule has 0 spiro atoms. The summed E-state index contributed by atoms with van der Waals surface area (Å²) in [6, 6.07) is 8.01. The first-order valence-corrected chi connectivity index (χ1v) is 13.0. The minimum absolute atomic E-state index is 0.0123. The molecule has 7 heteroatoms. The molecule has 0 fully saturated rings. The number of para-hydroxylation sites is 1. The summed E-state index contributed by atoms with van der Waals surface area (Å²) < 4.78 is 6.34.